The third-order valence-corrected chi connectivity index (χ3v) is 3.40. The van der Waals surface area contributed by atoms with Crippen LogP contribution >= 0.6 is 0 Å². The number of rotatable bonds is 4. The van der Waals surface area contributed by atoms with Gasteiger partial charge in [-0.3, -0.25) is 0 Å². The second-order valence-corrected chi connectivity index (χ2v) is 4.99. The third kappa shape index (κ3) is 3.96. The van der Waals surface area contributed by atoms with Gasteiger partial charge in [0.05, 0.1) is 12.2 Å². The summed E-state index contributed by atoms with van der Waals surface area (Å²) < 4.78 is 31.9. The monoisotopic (exact) mass is 271 g/mol. The zero-order valence-corrected chi connectivity index (χ0v) is 10.9. The van der Waals surface area contributed by atoms with Crippen LogP contribution in [0.1, 0.15) is 31.4 Å². The van der Waals surface area contributed by atoms with Crippen molar-refractivity contribution in [3.8, 4) is 0 Å². The van der Waals surface area contributed by atoms with E-state index < -0.39 is 17.7 Å². The van der Waals surface area contributed by atoms with Crippen molar-refractivity contribution in [1.82, 2.24) is 5.32 Å². The number of hydrogen-bond acceptors (Lipinski definition) is 3. The molecule has 0 amide bonds. The Labute approximate surface area is 111 Å². The van der Waals surface area contributed by atoms with Gasteiger partial charge in [0.15, 0.2) is 0 Å². The van der Waals surface area contributed by atoms with E-state index in [1.54, 1.807) is 0 Å². The van der Waals surface area contributed by atoms with Crippen LogP contribution in [0.5, 0.6) is 0 Å². The Balaban J connectivity index is 1.90. The van der Waals surface area contributed by atoms with Gasteiger partial charge in [-0.2, -0.15) is 0 Å². The molecule has 1 aromatic carbocycles. The molecule has 0 aromatic heterocycles. The first-order chi connectivity index (χ1) is 9.06. The van der Waals surface area contributed by atoms with Gasteiger partial charge >= 0.3 is 0 Å². The first kappa shape index (κ1) is 14.4. The maximum Gasteiger partial charge on any atom is 0.129 e. The highest BCUT2D eigenvalue weighted by molar-refractivity contribution is 5.21. The van der Waals surface area contributed by atoms with Crippen molar-refractivity contribution < 1.29 is 18.6 Å². The number of nitrogens with one attached hydrogen (secondary N) is 1. The summed E-state index contributed by atoms with van der Waals surface area (Å²) in [6.45, 7) is 2.89. The quantitative estimate of drug-likeness (QED) is 0.881. The van der Waals surface area contributed by atoms with Crippen LogP contribution in [0.25, 0.3) is 0 Å². The lowest BCUT2D eigenvalue weighted by molar-refractivity contribution is 0.0109. The molecule has 1 heterocycles. The van der Waals surface area contributed by atoms with Gasteiger partial charge < -0.3 is 15.2 Å². The smallest absolute Gasteiger partial charge is 0.129 e. The first-order valence-electron chi connectivity index (χ1n) is 6.54. The molecule has 0 bridgehead atoms. The molecule has 3 nitrogen and oxygen atoms in total. The van der Waals surface area contributed by atoms with Crippen molar-refractivity contribution in [1.29, 1.82) is 0 Å². The van der Waals surface area contributed by atoms with E-state index in [1.807, 2.05) is 6.92 Å². The van der Waals surface area contributed by atoms with Gasteiger partial charge in [-0.05, 0) is 38.0 Å². The Morgan fingerprint density at radius 1 is 1.47 bits per heavy atom. The van der Waals surface area contributed by atoms with E-state index in [0.717, 1.165) is 31.0 Å². The molecule has 0 saturated carbocycles. The van der Waals surface area contributed by atoms with Crippen LogP contribution in [-0.2, 0) is 4.74 Å². The molecule has 1 aromatic rings. The zero-order chi connectivity index (χ0) is 13.8. The Morgan fingerprint density at radius 2 is 2.26 bits per heavy atom. The van der Waals surface area contributed by atoms with E-state index in [-0.39, 0.29) is 24.3 Å². The molecule has 106 valence electrons. The Morgan fingerprint density at radius 3 is 3.00 bits per heavy atom. The van der Waals surface area contributed by atoms with Gasteiger partial charge in [-0.25, -0.2) is 8.78 Å². The summed E-state index contributed by atoms with van der Waals surface area (Å²) in [4.78, 5) is 0. The van der Waals surface area contributed by atoms with E-state index >= 15 is 0 Å². The van der Waals surface area contributed by atoms with Crippen molar-refractivity contribution in [3.63, 3.8) is 0 Å². The van der Waals surface area contributed by atoms with Gasteiger partial charge in [0.2, 0.25) is 0 Å². The number of halogens is 2. The normalized spacial score (nSPS) is 25.3. The highest BCUT2D eigenvalue weighted by Gasteiger charge is 2.21. The summed E-state index contributed by atoms with van der Waals surface area (Å²) in [5, 5.41) is 13.1. The minimum absolute atomic E-state index is 0.00684. The fourth-order valence-corrected chi connectivity index (χ4v) is 2.34. The number of benzene rings is 1. The Kier molecular flexibility index (Phi) is 4.85. The Bertz CT molecular complexity index is 428. The van der Waals surface area contributed by atoms with E-state index in [2.05, 4.69) is 5.32 Å². The summed E-state index contributed by atoms with van der Waals surface area (Å²) in [5.41, 5.74) is -0.00684. The van der Waals surface area contributed by atoms with E-state index in [4.69, 9.17) is 4.74 Å². The van der Waals surface area contributed by atoms with Gasteiger partial charge in [-0.1, -0.05) is 0 Å². The maximum atomic E-state index is 13.5. The number of hydrogen-bond donors (Lipinski definition) is 2. The summed E-state index contributed by atoms with van der Waals surface area (Å²) in [6.07, 6.45) is 0.865. The molecule has 1 saturated heterocycles. The molecule has 19 heavy (non-hydrogen) atoms. The van der Waals surface area contributed by atoms with Crippen molar-refractivity contribution >= 4 is 0 Å². The van der Waals surface area contributed by atoms with Crippen LogP contribution in [0.3, 0.4) is 0 Å². The summed E-state index contributed by atoms with van der Waals surface area (Å²) in [6, 6.07) is 3.35. The van der Waals surface area contributed by atoms with Crippen molar-refractivity contribution in [2.45, 2.75) is 38.0 Å². The molecule has 0 aliphatic carbocycles. The lowest BCUT2D eigenvalue weighted by Gasteiger charge is -2.28. The minimum Gasteiger partial charge on any atom is -0.387 e. The van der Waals surface area contributed by atoms with Crippen LogP contribution in [0, 0.1) is 11.6 Å². The topological polar surface area (TPSA) is 41.5 Å². The van der Waals surface area contributed by atoms with Crippen LogP contribution in [-0.4, -0.2) is 30.4 Å². The maximum absolute atomic E-state index is 13.5. The summed E-state index contributed by atoms with van der Waals surface area (Å²) in [5.74, 6) is -1.13. The molecular formula is C14H19F2NO2. The summed E-state index contributed by atoms with van der Waals surface area (Å²) >= 11 is 0. The van der Waals surface area contributed by atoms with Crippen molar-refractivity contribution in [2.24, 2.45) is 0 Å². The molecule has 3 unspecified atom stereocenters. The second kappa shape index (κ2) is 6.41. The second-order valence-electron chi connectivity index (χ2n) is 4.99. The van der Waals surface area contributed by atoms with Crippen molar-refractivity contribution in [3.05, 3.63) is 35.4 Å². The average molecular weight is 271 g/mol. The van der Waals surface area contributed by atoms with Crippen LogP contribution in [0.15, 0.2) is 18.2 Å². The number of aliphatic hydroxyl groups is 1. The molecule has 3 atom stereocenters. The highest BCUT2D eigenvalue weighted by Crippen LogP contribution is 2.19. The SMILES string of the molecule is CC1CC(NCC(O)c2cc(F)ccc2F)CCO1. The molecule has 1 fully saturated rings. The molecular weight excluding hydrogens is 252 g/mol. The lowest BCUT2D eigenvalue weighted by atomic mass is 10.0. The molecule has 2 rings (SSSR count). The van der Waals surface area contributed by atoms with Gasteiger partial charge in [-0.15, -0.1) is 0 Å². The van der Waals surface area contributed by atoms with Crippen molar-refractivity contribution in [2.75, 3.05) is 13.2 Å². The number of ether oxygens (including phenoxy) is 1. The van der Waals surface area contributed by atoms with E-state index in [0.29, 0.717) is 6.61 Å². The standard InChI is InChI=1S/C14H19F2NO2/c1-9-6-11(4-5-19-9)17-8-14(18)12-7-10(15)2-3-13(12)16/h2-3,7,9,11,14,17-18H,4-6,8H2,1H3. The minimum atomic E-state index is -1.05. The van der Waals surface area contributed by atoms with E-state index in [1.165, 1.54) is 0 Å². The fourth-order valence-electron chi connectivity index (χ4n) is 2.34. The van der Waals surface area contributed by atoms with Crippen LogP contribution in [0.2, 0.25) is 0 Å². The zero-order valence-electron chi connectivity index (χ0n) is 10.9. The molecule has 0 spiro atoms. The third-order valence-electron chi connectivity index (χ3n) is 3.40. The number of aliphatic hydroxyl groups excluding tert-OH is 1. The van der Waals surface area contributed by atoms with Crippen LogP contribution < -0.4 is 5.32 Å². The molecule has 5 heteroatoms. The first-order valence-corrected chi connectivity index (χ1v) is 6.54. The molecule has 1 aliphatic heterocycles. The lowest BCUT2D eigenvalue weighted by Crippen LogP contribution is -2.39. The van der Waals surface area contributed by atoms with Gasteiger partial charge in [0.1, 0.15) is 11.6 Å². The van der Waals surface area contributed by atoms with E-state index in [9.17, 15) is 13.9 Å². The molecule has 1 aliphatic rings. The van der Waals surface area contributed by atoms with Gasteiger partial charge in [0.25, 0.3) is 0 Å². The Hall–Kier alpha value is -1.04. The molecule has 0 radical (unpaired) electrons. The highest BCUT2D eigenvalue weighted by atomic mass is 19.1. The predicted molar refractivity (Wildman–Crippen MR) is 67.8 cm³/mol. The average Bonchev–Trinajstić information content (AvgIpc) is 2.39. The largest absolute Gasteiger partial charge is 0.387 e. The fraction of sp³-hybridized carbons (Fsp3) is 0.571. The van der Waals surface area contributed by atoms with Crippen LogP contribution in [0.4, 0.5) is 8.78 Å². The molecule has 2 N–H and O–H groups in total. The summed E-state index contributed by atoms with van der Waals surface area (Å²) in [7, 11) is 0. The predicted octanol–water partition coefficient (Wildman–Crippen LogP) is 2.16. The van der Waals surface area contributed by atoms with Gasteiger partial charge in [0, 0.05) is 24.8 Å².